The molecule has 11 nitrogen and oxygen atoms in total. The molecule has 2 aromatic rings. The number of anilines is 1. The Morgan fingerprint density at radius 3 is 2.62 bits per heavy atom. The van der Waals surface area contributed by atoms with Crippen LogP contribution in [-0.2, 0) is 16.6 Å². The van der Waals surface area contributed by atoms with E-state index in [-0.39, 0.29) is 18.0 Å². The van der Waals surface area contributed by atoms with Gasteiger partial charge in [-0.3, -0.25) is 24.0 Å². The maximum atomic E-state index is 13.2. The normalized spacial score (nSPS) is 19.6. The second-order valence-corrected chi connectivity index (χ2v) is 9.11. The van der Waals surface area contributed by atoms with E-state index in [0.29, 0.717) is 24.5 Å². The van der Waals surface area contributed by atoms with E-state index in [9.17, 15) is 19.2 Å². The summed E-state index contributed by atoms with van der Waals surface area (Å²) in [4.78, 5) is 52.4. The van der Waals surface area contributed by atoms with Crippen molar-refractivity contribution in [3.8, 4) is 0 Å². The highest BCUT2D eigenvalue weighted by molar-refractivity contribution is 6.00. The van der Waals surface area contributed by atoms with Crippen molar-refractivity contribution >= 4 is 34.6 Å². The van der Waals surface area contributed by atoms with E-state index in [2.05, 4.69) is 27.5 Å². The van der Waals surface area contributed by atoms with Crippen molar-refractivity contribution in [2.75, 3.05) is 38.1 Å². The lowest BCUT2D eigenvalue weighted by molar-refractivity contribution is -0.135. The smallest absolute Gasteiger partial charge is 0.404 e. The van der Waals surface area contributed by atoms with Crippen LogP contribution in [0.2, 0.25) is 0 Å². The predicted molar refractivity (Wildman–Crippen MR) is 127 cm³/mol. The molecular formula is C23H32N6O5. The summed E-state index contributed by atoms with van der Waals surface area (Å²) in [6, 6.07) is 5.50. The van der Waals surface area contributed by atoms with Gasteiger partial charge in [-0.15, -0.1) is 0 Å². The number of nitrogens with one attached hydrogen (secondary N) is 2. The van der Waals surface area contributed by atoms with Crippen LogP contribution in [0.25, 0.3) is 11.0 Å². The van der Waals surface area contributed by atoms with E-state index < -0.39 is 18.0 Å². The van der Waals surface area contributed by atoms with Crippen molar-refractivity contribution in [3.05, 3.63) is 28.7 Å². The first-order chi connectivity index (χ1) is 16.3. The highest BCUT2D eigenvalue weighted by Crippen LogP contribution is 2.31. The molecule has 184 valence electrons. The molecule has 1 aromatic heterocycles. The van der Waals surface area contributed by atoms with E-state index in [1.165, 1.54) is 4.57 Å². The minimum absolute atomic E-state index is 0.215. The molecule has 0 bridgehead atoms. The maximum Gasteiger partial charge on any atom is 0.404 e. The number of hydrogen-bond donors (Lipinski definition) is 3. The average Bonchev–Trinajstić information content (AvgIpc) is 3.07. The largest absolute Gasteiger partial charge is 0.465 e. The summed E-state index contributed by atoms with van der Waals surface area (Å²) in [7, 11) is 3.80. The van der Waals surface area contributed by atoms with Crippen LogP contribution in [0.15, 0.2) is 23.0 Å². The second kappa shape index (κ2) is 9.88. The molecule has 11 heteroatoms. The van der Waals surface area contributed by atoms with Gasteiger partial charge in [-0.1, -0.05) is 6.07 Å². The van der Waals surface area contributed by atoms with Crippen molar-refractivity contribution in [1.82, 2.24) is 24.7 Å². The molecule has 0 aliphatic carbocycles. The maximum absolute atomic E-state index is 13.2. The molecule has 2 saturated heterocycles. The molecule has 0 radical (unpaired) electrons. The van der Waals surface area contributed by atoms with Crippen LogP contribution in [-0.4, -0.2) is 76.3 Å². The lowest BCUT2D eigenvalue weighted by atomic mass is 10.0. The van der Waals surface area contributed by atoms with Crippen molar-refractivity contribution in [3.63, 3.8) is 0 Å². The van der Waals surface area contributed by atoms with E-state index in [1.54, 1.807) is 11.6 Å². The summed E-state index contributed by atoms with van der Waals surface area (Å²) in [5.74, 6) is -0.736. The molecule has 2 aliphatic heterocycles. The molecule has 1 aromatic carbocycles. The summed E-state index contributed by atoms with van der Waals surface area (Å²) in [5.41, 5.74) is 2.20. The van der Waals surface area contributed by atoms with Crippen molar-refractivity contribution < 1.29 is 19.5 Å². The van der Waals surface area contributed by atoms with Crippen LogP contribution in [0.4, 0.5) is 10.5 Å². The van der Waals surface area contributed by atoms with Crippen LogP contribution in [0.5, 0.6) is 0 Å². The zero-order valence-electron chi connectivity index (χ0n) is 19.6. The first-order valence-electron chi connectivity index (χ1n) is 11.7. The molecule has 34 heavy (non-hydrogen) atoms. The first-order valence-corrected chi connectivity index (χ1v) is 11.7. The molecule has 3 amide bonds. The molecule has 3 N–H and O–H groups in total. The Morgan fingerprint density at radius 2 is 1.94 bits per heavy atom. The minimum atomic E-state index is -0.994. The van der Waals surface area contributed by atoms with Crippen LogP contribution in [0.1, 0.15) is 38.1 Å². The Kier molecular flexibility index (Phi) is 6.92. The van der Waals surface area contributed by atoms with E-state index in [1.807, 2.05) is 18.2 Å². The summed E-state index contributed by atoms with van der Waals surface area (Å²) < 4.78 is 3.12. The summed E-state index contributed by atoms with van der Waals surface area (Å²) in [6.45, 7) is 2.93. The zero-order valence-corrected chi connectivity index (χ0v) is 19.6. The van der Waals surface area contributed by atoms with Crippen molar-refractivity contribution in [2.24, 2.45) is 7.05 Å². The molecule has 0 saturated carbocycles. The van der Waals surface area contributed by atoms with Gasteiger partial charge >= 0.3 is 11.8 Å². The van der Waals surface area contributed by atoms with Crippen molar-refractivity contribution in [1.29, 1.82) is 0 Å². The quantitative estimate of drug-likeness (QED) is 0.403. The number of imidazole rings is 1. The third-order valence-electron chi connectivity index (χ3n) is 7.00. The highest BCUT2D eigenvalue weighted by Gasteiger charge is 2.32. The number of carbonyl (C=O) groups is 3. The van der Waals surface area contributed by atoms with Gasteiger partial charge in [0.1, 0.15) is 6.04 Å². The van der Waals surface area contributed by atoms with Crippen LogP contribution < -0.4 is 21.2 Å². The van der Waals surface area contributed by atoms with Gasteiger partial charge in [0.2, 0.25) is 11.8 Å². The second-order valence-electron chi connectivity index (χ2n) is 9.11. The third kappa shape index (κ3) is 4.65. The van der Waals surface area contributed by atoms with Gasteiger partial charge < -0.3 is 20.2 Å². The first kappa shape index (κ1) is 23.8. The number of hydrogen-bond acceptors (Lipinski definition) is 6. The number of fused-ring (bicyclic) bond motifs is 1. The van der Waals surface area contributed by atoms with Gasteiger partial charge in [-0.2, -0.15) is 0 Å². The molecule has 1 unspecified atom stereocenters. The Hall–Kier alpha value is -3.34. The molecule has 3 heterocycles. The number of imide groups is 1. The zero-order chi connectivity index (χ0) is 24.4. The fourth-order valence-electron chi connectivity index (χ4n) is 5.16. The van der Waals surface area contributed by atoms with Gasteiger partial charge in [0.05, 0.1) is 16.7 Å². The van der Waals surface area contributed by atoms with Crippen LogP contribution in [0, 0.1) is 0 Å². The Bertz CT molecular complexity index is 1150. The Balaban J connectivity index is 1.50. The number of nitrogens with zero attached hydrogens (tertiary/aromatic N) is 4. The predicted octanol–water partition coefficient (Wildman–Crippen LogP) is 0.876. The number of piperidine rings is 2. The molecule has 0 spiro atoms. The van der Waals surface area contributed by atoms with E-state index >= 15 is 0 Å². The number of benzene rings is 1. The van der Waals surface area contributed by atoms with Gasteiger partial charge in [0.25, 0.3) is 0 Å². The number of carbonyl (C=O) groups excluding carboxylic acids is 2. The van der Waals surface area contributed by atoms with Gasteiger partial charge in [0, 0.05) is 39.1 Å². The van der Waals surface area contributed by atoms with Gasteiger partial charge in [0.15, 0.2) is 0 Å². The van der Waals surface area contributed by atoms with Crippen LogP contribution in [0.3, 0.4) is 0 Å². The van der Waals surface area contributed by atoms with Crippen molar-refractivity contribution in [2.45, 2.75) is 44.2 Å². The van der Waals surface area contributed by atoms with E-state index in [0.717, 1.165) is 50.1 Å². The highest BCUT2D eigenvalue weighted by atomic mass is 16.4. The molecule has 4 rings (SSSR count). The topological polar surface area (TPSA) is 129 Å². The van der Waals surface area contributed by atoms with E-state index in [4.69, 9.17) is 5.11 Å². The molecule has 2 fully saturated rings. The summed E-state index contributed by atoms with van der Waals surface area (Å²) in [6.07, 6.45) is 2.21. The average molecular weight is 473 g/mol. The minimum Gasteiger partial charge on any atom is -0.465 e. The number of amides is 3. The third-order valence-corrected chi connectivity index (χ3v) is 7.00. The summed E-state index contributed by atoms with van der Waals surface area (Å²) >= 11 is 0. The summed E-state index contributed by atoms with van der Waals surface area (Å²) in [5, 5.41) is 13.4. The monoisotopic (exact) mass is 472 g/mol. The SMILES string of the molecule is CN(CCCNC(=O)O)C1CCN(c2cccc3c2n(C)c(=O)n3C2CCC(=O)NC2=O)CC1. The van der Waals surface area contributed by atoms with Gasteiger partial charge in [-0.05, 0) is 51.4 Å². The lowest BCUT2D eigenvalue weighted by Crippen LogP contribution is -2.44. The lowest BCUT2D eigenvalue weighted by Gasteiger charge is -2.38. The molecular weight excluding hydrogens is 440 g/mol. The van der Waals surface area contributed by atoms with Crippen LogP contribution >= 0.6 is 0 Å². The Morgan fingerprint density at radius 1 is 1.21 bits per heavy atom. The Labute approximate surface area is 197 Å². The molecule has 2 aliphatic rings. The number of carboxylic acid groups (broad SMARTS) is 1. The standard InChI is InChI=1S/C23H32N6O5/c1-26(12-4-11-24-22(32)33)15-9-13-28(14-10-15)16-5-3-6-17-20(16)27(2)23(34)29(17)18-7-8-19(30)25-21(18)31/h3,5-6,15,18,24H,4,7-14H2,1-2H3,(H,32,33)(H,25,30,31). The number of para-hydroxylation sites is 1. The molecule has 1 atom stereocenters. The number of aryl methyl sites for hydroxylation is 1. The number of aromatic nitrogens is 2. The fourth-order valence-corrected chi connectivity index (χ4v) is 5.16. The van der Waals surface area contributed by atoms with Gasteiger partial charge in [-0.25, -0.2) is 9.59 Å². The fraction of sp³-hybridized carbons (Fsp3) is 0.565. The number of rotatable bonds is 7.